The van der Waals surface area contributed by atoms with Crippen molar-refractivity contribution >= 4 is 20.1 Å². The Bertz CT molecular complexity index is 228. The molecular weight excluding hydrogens is 208 g/mol. The van der Waals surface area contributed by atoms with Gasteiger partial charge in [0.15, 0.2) is 0 Å². The normalized spacial score (nSPS) is 19.1. The minimum atomic E-state index is -1.57. The molecule has 1 aliphatic heterocycles. The first-order valence-corrected chi connectivity index (χ1v) is 9.35. The van der Waals surface area contributed by atoms with Crippen LogP contribution in [0.1, 0.15) is 27.2 Å². The van der Waals surface area contributed by atoms with Crippen LogP contribution in [0, 0.1) is 0 Å². The van der Waals surface area contributed by atoms with Crippen molar-refractivity contribution in [3.63, 3.8) is 0 Å². The summed E-state index contributed by atoms with van der Waals surface area (Å²) in [5.74, 6) is 3.60. The Labute approximate surface area is 93.4 Å². The summed E-state index contributed by atoms with van der Waals surface area (Å²) in [5, 5.41) is 0.318. The molecule has 0 aromatic rings. The van der Waals surface area contributed by atoms with Gasteiger partial charge in [-0.2, -0.15) is 11.8 Å². The van der Waals surface area contributed by atoms with E-state index in [1.807, 2.05) is 11.8 Å². The fourth-order valence-electron chi connectivity index (χ4n) is 1.08. The minimum Gasteiger partial charge on any atom is -0.547 e. The smallest absolute Gasteiger partial charge is 0.250 e. The highest BCUT2D eigenvalue weighted by Crippen LogP contribution is 2.38. The third-order valence-electron chi connectivity index (χ3n) is 3.11. The number of thioether (sulfide) groups is 1. The molecule has 0 atom stereocenters. The Morgan fingerprint density at radius 1 is 1.36 bits per heavy atom. The molecule has 0 bridgehead atoms. The predicted molar refractivity (Wildman–Crippen MR) is 68.3 cm³/mol. The van der Waals surface area contributed by atoms with Crippen molar-refractivity contribution in [2.24, 2.45) is 0 Å². The fourth-order valence-corrected chi connectivity index (χ4v) is 3.05. The first-order chi connectivity index (χ1) is 6.33. The van der Waals surface area contributed by atoms with Gasteiger partial charge in [0, 0.05) is 17.9 Å². The average Bonchev–Trinajstić information content (AvgIpc) is 2.03. The third kappa shape index (κ3) is 3.06. The third-order valence-corrected chi connectivity index (χ3v) is 8.39. The number of allylic oxidation sites excluding steroid dienone is 1. The van der Waals surface area contributed by atoms with Gasteiger partial charge < -0.3 is 4.43 Å². The summed E-state index contributed by atoms with van der Waals surface area (Å²) in [6, 6.07) is 0. The molecule has 0 saturated carbocycles. The van der Waals surface area contributed by atoms with E-state index >= 15 is 0 Å². The number of hydrogen-bond donors (Lipinski definition) is 0. The van der Waals surface area contributed by atoms with Crippen molar-refractivity contribution < 1.29 is 4.43 Å². The van der Waals surface area contributed by atoms with Gasteiger partial charge in [-0.1, -0.05) is 20.8 Å². The zero-order chi connectivity index (χ0) is 10.8. The monoisotopic (exact) mass is 230 g/mol. The van der Waals surface area contributed by atoms with Gasteiger partial charge in [-0.05, 0) is 24.2 Å². The zero-order valence-corrected chi connectivity index (χ0v) is 11.8. The van der Waals surface area contributed by atoms with E-state index in [9.17, 15) is 0 Å². The van der Waals surface area contributed by atoms with E-state index in [-0.39, 0.29) is 0 Å². The highest BCUT2D eigenvalue weighted by Gasteiger charge is 2.39. The summed E-state index contributed by atoms with van der Waals surface area (Å²) in [6.45, 7) is 11.5. The van der Waals surface area contributed by atoms with Crippen LogP contribution in [0.15, 0.2) is 11.8 Å². The highest BCUT2D eigenvalue weighted by atomic mass is 32.2. The van der Waals surface area contributed by atoms with Crippen LogP contribution >= 0.6 is 11.8 Å². The molecule has 0 aromatic carbocycles. The average molecular weight is 230 g/mol. The summed E-state index contributed by atoms with van der Waals surface area (Å²) >= 11 is 1.99. The van der Waals surface area contributed by atoms with Crippen LogP contribution in [0.4, 0.5) is 0 Å². The van der Waals surface area contributed by atoms with Gasteiger partial charge in [0.05, 0.1) is 5.76 Å². The Hall–Kier alpha value is 0.107. The SMILES string of the molecule is CC(C)(C)[Si](C)(C)OC1=CCSCC1. The maximum atomic E-state index is 6.23. The Balaban J connectivity index is 2.62. The molecule has 1 nitrogen and oxygen atoms in total. The lowest BCUT2D eigenvalue weighted by Gasteiger charge is -2.37. The van der Waals surface area contributed by atoms with Crippen LogP contribution in [0.25, 0.3) is 0 Å². The van der Waals surface area contributed by atoms with E-state index in [0.717, 1.165) is 12.2 Å². The Morgan fingerprint density at radius 2 is 2.00 bits per heavy atom. The highest BCUT2D eigenvalue weighted by molar-refractivity contribution is 7.99. The van der Waals surface area contributed by atoms with Crippen molar-refractivity contribution in [1.29, 1.82) is 0 Å². The summed E-state index contributed by atoms with van der Waals surface area (Å²) in [6.07, 6.45) is 3.38. The van der Waals surface area contributed by atoms with E-state index in [2.05, 4.69) is 39.9 Å². The largest absolute Gasteiger partial charge is 0.547 e. The second-order valence-electron chi connectivity index (χ2n) is 5.36. The molecule has 0 N–H and O–H groups in total. The standard InChI is InChI=1S/C11H22OSSi/c1-11(2,3)14(4,5)12-10-6-8-13-9-7-10/h6H,7-9H2,1-5H3. The van der Waals surface area contributed by atoms with Crippen LogP contribution < -0.4 is 0 Å². The van der Waals surface area contributed by atoms with Gasteiger partial charge in [-0.3, -0.25) is 0 Å². The second kappa shape index (κ2) is 4.31. The molecule has 0 aliphatic carbocycles. The summed E-state index contributed by atoms with van der Waals surface area (Å²) in [4.78, 5) is 0. The molecule has 82 valence electrons. The van der Waals surface area contributed by atoms with Crippen molar-refractivity contribution in [2.45, 2.75) is 45.3 Å². The molecule has 0 fully saturated rings. The van der Waals surface area contributed by atoms with Gasteiger partial charge in [0.2, 0.25) is 8.32 Å². The minimum absolute atomic E-state index is 0.318. The molecule has 14 heavy (non-hydrogen) atoms. The van der Waals surface area contributed by atoms with Crippen molar-refractivity contribution in [1.82, 2.24) is 0 Å². The first kappa shape index (κ1) is 12.2. The van der Waals surface area contributed by atoms with Gasteiger partial charge in [-0.15, -0.1) is 0 Å². The molecule has 1 heterocycles. The second-order valence-corrected chi connectivity index (χ2v) is 11.2. The number of rotatable bonds is 2. The topological polar surface area (TPSA) is 9.23 Å². The Morgan fingerprint density at radius 3 is 2.43 bits per heavy atom. The molecule has 0 amide bonds. The van der Waals surface area contributed by atoms with Crippen LogP contribution in [-0.2, 0) is 4.43 Å². The van der Waals surface area contributed by atoms with E-state index in [1.165, 1.54) is 11.5 Å². The Kier molecular flexibility index (Phi) is 3.75. The van der Waals surface area contributed by atoms with Crippen LogP contribution in [0.2, 0.25) is 18.1 Å². The van der Waals surface area contributed by atoms with Gasteiger partial charge in [0.1, 0.15) is 0 Å². The van der Waals surface area contributed by atoms with Crippen LogP contribution in [0.3, 0.4) is 0 Å². The molecular formula is C11H22OSSi. The van der Waals surface area contributed by atoms with Gasteiger partial charge in [0.25, 0.3) is 0 Å². The lowest BCUT2D eigenvalue weighted by Crippen LogP contribution is -2.40. The van der Waals surface area contributed by atoms with Gasteiger partial charge >= 0.3 is 0 Å². The lowest BCUT2D eigenvalue weighted by atomic mass is 10.2. The molecule has 1 rings (SSSR count). The van der Waals surface area contributed by atoms with Crippen molar-refractivity contribution in [3.05, 3.63) is 11.8 Å². The molecule has 0 unspecified atom stereocenters. The molecule has 0 spiro atoms. The molecule has 3 heteroatoms. The molecule has 0 aromatic heterocycles. The predicted octanol–water partition coefficient (Wildman–Crippen LogP) is 4.03. The van der Waals surface area contributed by atoms with E-state index in [4.69, 9.17) is 4.43 Å². The van der Waals surface area contributed by atoms with Crippen LogP contribution in [0.5, 0.6) is 0 Å². The summed E-state index contributed by atoms with van der Waals surface area (Å²) in [7, 11) is -1.57. The molecule has 0 saturated heterocycles. The fraction of sp³-hybridized carbons (Fsp3) is 0.818. The van der Waals surface area contributed by atoms with E-state index in [1.54, 1.807) is 0 Å². The van der Waals surface area contributed by atoms with E-state index < -0.39 is 8.32 Å². The lowest BCUT2D eigenvalue weighted by molar-refractivity contribution is 0.370. The molecule has 1 aliphatic rings. The zero-order valence-electron chi connectivity index (χ0n) is 10.0. The van der Waals surface area contributed by atoms with Crippen LogP contribution in [-0.4, -0.2) is 19.8 Å². The number of hydrogen-bond acceptors (Lipinski definition) is 2. The van der Waals surface area contributed by atoms with E-state index in [0.29, 0.717) is 5.04 Å². The quantitative estimate of drug-likeness (QED) is 0.662. The van der Waals surface area contributed by atoms with Gasteiger partial charge in [-0.25, -0.2) is 0 Å². The van der Waals surface area contributed by atoms with Crippen molar-refractivity contribution in [2.75, 3.05) is 11.5 Å². The van der Waals surface area contributed by atoms with Crippen molar-refractivity contribution in [3.8, 4) is 0 Å². The first-order valence-electron chi connectivity index (χ1n) is 5.29. The summed E-state index contributed by atoms with van der Waals surface area (Å²) < 4.78 is 6.23. The summed E-state index contributed by atoms with van der Waals surface area (Å²) in [5.41, 5.74) is 0. The molecule has 0 radical (unpaired) electrons. The maximum absolute atomic E-state index is 6.23. The maximum Gasteiger partial charge on any atom is 0.250 e.